The Bertz CT molecular complexity index is 861. The monoisotopic (exact) mass is 353 g/mol. The second-order valence-corrected chi connectivity index (χ2v) is 6.57. The van der Waals surface area contributed by atoms with Gasteiger partial charge in [0.25, 0.3) is 0 Å². The molecule has 0 spiro atoms. The summed E-state index contributed by atoms with van der Waals surface area (Å²) < 4.78 is 6.08. The molecule has 2 saturated heterocycles. The Hall–Kier alpha value is -2.96. The van der Waals surface area contributed by atoms with Crippen molar-refractivity contribution >= 4 is 28.6 Å². The largest absolute Gasteiger partial charge is 0.486 e. The highest BCUT2D eigenvalue weighted by Gasteiger charge is 2.34. The van der Waals surface area contributed by atoms with Gasteiger partial charge in [0.05, 0.1) is 6.54 Å². The number of amides is 3. The fourth-order valence-electron chi connectivity index (χ4n) is 3.44. The zero-order chi connectivity index (χ0) is 18.1. The predicted octanol–water partition coefficient (Wildman–Crippen LogP) is 1.36. The van der Waals surface area contributed by atoms with Gasteiger partial charge in [-0.05, 0) is 12.1 Å². The van der Waals surface area contributed by atoms with E-state index in [-0.39, 0.29) is 43.2 Å². The molecule has 0 bridgehead atoms. The molecule has 3 amide bonds. The summed E-state index contributed by atoms with van der Waals surface area (Å²) in [6.07, 6.45) is 2.70. The van der Waals surface area contributed by atoms with Gasteiger partial charge in [-0.25, -0.2) is 0 Å². The lowest BCUT2D eigenvalue weighted by Crippen LogP contribution is -2.42. The average molecular weight is 353 g/mol. The molecule has 2 aliphatic heterocycles. The number of pyridine rings is 1. The minimum absolute atomic E-state index is 0.128. The molecule has 1 atom stereocenters. The number of aromatic nitrogens is 1. The quantitative estimate of drug-likeness (QED) is 0.776. The van der Waals surface area contributed by atoms with Gasteiger partial charge in [0, 0.05) is 37.4 Å². The van der Waals surface area contributed by atoms with Crippen LogP contribution in [-0.4, -0.2) is 58.2 Å². The third-order valence-electron chi connectivity index (χ3n) is 4.84. The number of likely N-dealkylation sites (tertiary alicyclic amines) is 2. The van der Waals surface area contributed by atoms with Crippen LogP contribution in [0.3, 0.4) is 0 Å². The van der Waals surface area contributed by atoms with Gasteiger partial charge in [-0.1, -0.05) is 18.2 Å². The molecule has 134 valence electrons. The van der Waals surface area contributed by atoms with E-state index in [0.29, 0.717) is 25.3 Å². The fraction of sp³-hybridized carbons (Fsp3) is 0.368. The number of hydrogen-bond acceptors (Lipinski definition) is 5. The zero-order valence-electron chi connectivity index (χ0n) is 14.3. The van der Waals surface area contributed by atoms with Crippen molar-refractivity contribution in [2.24, 2.45) is 0 Å². The molecule has 0 N–H and O–H groups in total. The second-order valence-electron chi connectivity index (χ2n) is 6.57. The van der Waals surface area contributed by atoms with Crippen molar-refractivity contribution in [3.63, 3.8) is 0 Å². The highest BCUT2D eigenvalue weighted by Crippen LogP contribution is 2.26. The number of benzene rings is 1. The number of hydrogen-bond donors (Lipinski definition) is 0. The van der Waals surface area contributed by atoms with E-state index < -0.39 is 0 Å². The molecule has 1 unspecified atom stereocenters. The number of fused-ring (bicyclic) bond motifs is 1. The molecule has 3 heterocycles. The second kappa shape index (κ2) is 6.74. The molecule has 2 aliphatic rings. The fourth-order valence-corrected chi connectivity index (χ4v) is 3.44. The highest BCUT2D eigenvalue weighted by atomic mass is 16.5. The van der Waals surface area contributed by atoms with Crippen LogP contribution >= 0.6 is 0 Å². The van der Waals surface area contributed by atoms with E-state index in [4.69, 9.17) is 4.74 Å². The van der Waals surface area contributed by atoms with Crippen molar-refractivity contribution in [3.8, 4) is 5.75 Å². The van der Waals surface area contributed by atoms with Crippen molar-refractivity contribution in [1.29, 1.82) is 0 Å². The van der Waals surface area contributed by atoms with E-state index in [2.05, 4.69) is 4.98 Å². The Balaban J connectivity index is 1.40. The first-order valence-electron chi connectivity index (χ1n) is 8.73. The Morgan fingerprint density at radius 3 is 2.73 bits per heavy atom. The third-order valence-corrected chi connectivity index (χ3v) is 4.84. The number of carbonyl (C=O) groups excluding carboxylic acids is 3. The summed E-state index contributed by atoms with van der Waals surface area (Å²) >= 11 is 0. The van der Waals surface area contributed by atoms with Crippen molar-refractivity contribution < 1.29 is 19.1 Å². The molecule has 1 aromatic heterocycles. The number of para-hydroxylation sites is 1. The van der Waals surface area contributed by atoms with Crippen LogP contribution < -0.4 is 4.74 Å². The van der Waals surface area contributed by atoms with Crippen LogP contribution in [0.5, 0.6) is 5.75 Å². The summed E-state index contributed by atoms with van der Waals surface area (Å²) in [5.41, 5.74) is 0.799. The molecule has 0 aliphatic carbocycles. The standard InChI is InChI=1S/C19H19N3O4/c23-16-6-7-17(24)22(16)12-18(25)21-10-8-14(11-21)26-15-5-1-3-13-4-2-9-20-19(13)15/h1-5,9,14H,6-8,10-12H2. The van der Waals surface area contributed by atoms with Gasteiger partial charge in [0.15, 0.2) is 0 Å². The summed E-state index contributed by atoms with van der Waals surface area (Å²) in [6.45, 7) is 0.830. The summed E-state index contributed by atoms with van der Waals surface area (Å²) in [7, 11) is 0. The van der Waals surface area contributed by atoms with E-state index in [9.17, 15) is 14.4 Å². The summed E-state index contributed by atoms with van der Waals surface area (Å²) in [5.74, 6) is -0.0441. The Labute approximate surface area is 150 Å². The molecule has 2 aromatic rings. The zero-order valence-corrected chi connectivity index (χ0v) is 14.3. The number of nitrogens with zero attached hydrogens (tertiary/aromatic N) is 3. The van der Waals surface area contributed by atoms with Gasteiger partial charge in [-0.2, -0.15) is 0 Å². The lowest BCUT2D eigenvalue weighted by molar-refractivity contribution is -0.145. The molecule has 1 aromatic carbocycles. The number of imide groups is 1. The van der Waals surface area contributed by atoms with Gasteiger partial charge in [-0.15, -0.1) is 0 Å². The predicted molar refractivity (Wildman–Crippen MR) is 93.3 cm³/mol. The Morgan fingerprint density at radius 2 is 1.92 bits per heavy atom. The van der Waals surface area contributed by atoms with E-state index in [1.165, 1.54) is 0 Å². The van der Waals surface area contributed by atoms with Crippen LogP contribution in [0, 0.1) is 0 Å². The van der Waals surface area contributed by atoms with E-state index in [1.54, 1.807) is 11.1 Å². The minimum Gasteiger partial charge on any atom is -0.486 e. The smallest absolute Gasteiger partial charge is 0.242 e. The van der Waals surface area contributed by atoms with E-state index >= 15 is 0 Å². The van der Waals surface area contributed by atoms with Gasteiger partial charge in [-0.3, -0.25) is 24.3 Å². The third kappa shape index (κ3) is 3.12. The lowest BCUT2D eigenvalue weighted by Gasteiger charge is -2.20. The Kier molecular flexibility index (Phi) is 4.28. The van der Waals surface area contributed by atoms with E-state index in [0.717, 1.165) is 15.8 Å². The van der Waals surface area contributed by atoms with Crippen LogP contribution in [0.2, 0.25) is 0 Å². The molecule has 26 heavy (non-hydrogen) atoms. The van der Waals surface area contributed by atoms with Crippen molar-refractivity contribution in [3.05, 3.63) is 36.5 Å². The van der Waals surface area contributed by atoms with Crippen molar-refractivity contribution in [2.75, 3.05) is 19.6 Å². The maximum Gasteiger partial charge on any atom is 0.242 e. The average Bonchev–Trinajstić information content (AvgIpc) is 3.24. The summed E-state index contributed by atoms with van der Waals surface area (Å²) in [4.78, 5) is 42.8. The molecular weight excluding hydrogens is 334 g/mol. The molecule has 4 rings (SSSR count). The molecule has 2 fully saturated rings. The SMILES string of the molecule is O=C(CN1C(=O)CCC1=O)N1CCC(Oc2cccc3cccnc23)C1. The summed E-state index contributed by atoms with van der Waals surface area (Å²) in [5, 5.41) is 1.00. The van der Waals surface area contributed by atoms with Crippen LogP contribution in [0.15, 0.2) is 36.5 Å². The Morgan fingerprint density at radius 1 is 1.15 bits per heavy atom. The van der Waals surface area contributed by atoms with Gasteiger partial charge in [0.1, 0.15) is 23.9 Å². The lowest BCUT2D eigenvalue weighted by atomic mass is 10.2. The van der Waals surface area contributed by atoms with Crippen LogP contribution in [0.4, 0.5) is 0 Å². The van der Waals surface area contributed by atoms with Gasteiger partial charge < -0.3 is 9.64 Å². The molecule has 0 radical (unpaired) electrons. The minimum atomic E-state index is -0.267. The highest BCUT2D eigenvalue weighted by molar-refractivity contribution is 6.04. The summed E-state index contributed by atoms with van der Waals surface area (Å²) in [6, 6.07) is 9.62. The van der Waals surface area contributed by atoms with Crippen LogP contribution in [-0.2, 0) is 14.4 Å². The van der Waals surface area contributed by atoms with E-state index in [1.807, 2.05) is 30.3 Å². The topological polar surface area (TPSA) is 79.8 Å². The van der Waals surface area contributed by atoms with Gasteiger partial charge >= 0.3 is 0 Å². The maximum absolute atomic E-state index is 12.4. The first-order valence-corrected chi connectivity index (χ1v) is 8.73. The number of rotatable bonds is 4. The number of carbonyl (C=O) groups is 3. The normalized spacial score (nSPS) is 20.2. The molecule has 7 nitrogen and oxygen atoms in total. The maximum atomic E-state index is 12.4. The first-order chi connectivity index (χ1) is 12.6. The molecular formula is C19H19N3O4. The van der Waals surface area contributed by atoms with Crippen LogP contribution in [0.1, 0.15) is 19.3 Å². The van der Waals surface area contributed by atoms with Crippen molar-refractivity contribution in [2.45, 2.75) is 25.4 Å². The van der Waals surface area contributed by atoms with Gasteiger partial charge in [0.2, 0.25) is 17.7 Å². The first kappa shape index (κ1) is 16.5. The van der Waals surface area contributed by atoms with Crippen LogP contribution in [0.25, 0.3) is 10.9 Å². The molecule has 7 heteroatoms. The molecule has 0 saturated carbocycles. The number of ether oxygens (including phenoxy) is 1. The van der Waals surface area contributed by atoms with Crippen molar-refractivity contribution in [1.82, 2.24) is 14.8 Å².